The Morgan fingerprint density at radius 1 is 1.11 bits per heavy atom. The first-order chi connectivity index (χ1) is 17.7. The lowest BCUT2D eigenvalue weighted by Crippen LogP contribution is -2.45. The van der Waals surface area contributed by atoms with Crippen LogP contribution in [0.15, 0.2) is 65.6 Å². The SMILES string of the molecule is COc1ccc([C@@H]2N[C@@H](C(=O)O)Cc3c2[nH]c2ccccc32)cc1CSc1cc(C)ccc1C(C)(C)C. The van der Waals surface area contributed by atoms with Crippen LogP contribution in [0, 0.1) is 6.92 Å². The third-order valence-corrected chi connectivity index (χ3v) is 8.28. The van der Waals surface area contributed by atoms with Crippen LogP contribution in [0.25, 0.3) is 10.9 Å². The number of carbonyl (C=O) groups is 1. The fourth-order valence-electron chi connectivity index (χ4n) is 5.27. The van der Waals surface area contributed by atoms with E-state index in [1.54, 1.807) is 7.11 Å². The van der Waals surface area contributed by atoms with Crippen LogP contribution in [-0.2, 0) is 22.4 Å². The largest absolute Gasteiger partial charge is 0.496 e. The normalized spacial score (nSPS) is 17.5. The maximum absolute atomic E-state index is 12.1. The highest BCUT2D eigenvalue weighted by molar-refractivity contribution is 7.98. The number of ether oxygens (including phenoxy) is 1. The van der Waals surface area contributed by atoms with Crippen LogP contribution in [-0.4, -0.2) is 29.2 Å². The average molecular weight is 515 g/mol. The van der Waals surface area contributed by atoms with Gasteiger partial charge in [-0.05, 0) is 58.9 Å². The van der Waals surface area contributed by atoms with Gasteiger partial charge in [-0.15, -0.1) is 11.8 Å². The zero-order valence-electron chi connectivity index (χ0n) is 22.0. The molecule has 6 heteroatoms. The maximum Gasteiger partial charge on any atom is 0.321 e. The summed E-state index contributed by atoms with van der Waals surface area (Å²) < 4.78 is 5.74. The van der Waals surface area contributed by atoms with E-state index in [-0.39, 0.29) is 11.5 Å². The molecule has 1 aliphatic heterocycles. The van der Waals surface area contributed by atoms with Crippen LogP contribution in [0.1, 0.15) is 60.3 Å². The van der Waals surface area contributed by atoms with E-state index < -0.39 is 12.0 Å². The minimum absolute atomic E-state index is 0.0475. The molecule has 0 saturated heterocycles. The van der Waals surface area contributed by atoms with E-state index in [2.05, 4.69) is 68.3 Å². The summed E-state index contributed by atoms with van der Waals surface area (Å²) in [6.07, 6.45) is 0.451. The Labute approximate surface area is 222 Å². The number of fused-ring (bicyclic) bond motifs is 3. The highest BCUT2D eigenvalue weighted by Gasteiger charge is 2.34. The van der Waals surface area contributed by atoms with Crippen LogP contribution in [0.3, 0.4) is 0 Å². The van der Waals surface area contributed by atoms with Gasteiger partial charge in [-0.25, -0.2) is 0 Å². The summed E-state index contributed by atoms with van der Waals surface area (Å²) in [7, 11) is 1.70. The van der Waals surface area contributed by atoms with E-state index in [9.17, 15) is 9.90 Å². The number of carboxylic acid groups (broad SMARTS) is 1. The molecule has 1 aliphatic rings. The van der Waals surface area contributed by atoms with Crippen molar-refractivity contribution in [2.45, 2.75) is 62.3 Å². The average Bonchev–Trinajstić information content (AvgIpc) is 3.24. The van der Waals surface area contributed by atoms with Gasteiger partial charge in [-0.3, -0.25) is 10.1 Å². The number of hydrogen-bond acceptors (Lipinski definition) is 4. The Kier molecular flexibility index (Phi) is 6.82. The second kappa shape index (κ2) is 9.92. The number of aromatic nitrogens is 1. The molecule has 4 aromatic rings. The van der Waals surface area contributed by atoms with Crippen molar-refractivity contribution in [3.63, 3.8) is 0 Å². The summed E-state index contributed by atoms with van der Waals surface area (Å²) in [4.78, 5) is 16.9. The first-order valence-corrected chi connectivity index (χ1v) is 13.6. The summed E-state index contributed by atoms with van der Waals surface area (Å²) in [5.41, 5.74) is 7.88. The lowest BCUT2D eigenvalue weighted by Gasteiger charge is -2.30. The molecule has 5 rings (SSSR count). The molecule has 0 bridgehead atoms. The van der Waals surface area contributed by atoms with E-state index in [4.69, 9.17) is 4.74 Å². The number of thioether (sulfide) groups is 1. The number of aliphatic carboxylic acids is 1. The summed E-state index contributed by atoms with van der Waals surface area (Å²) in [5, 5.41) is 14.4. The molecule has 5 nitrogen and oxygen atoms in total. The molecule has 0 amide bonds. The van der Waals surface area contributed by atoms with E-state index in [1.165, 1.54) is 16.0 Å². The molecule has 0 unspecified atom stereocenters. The molecule has 3 N–H and O–H groups in total. The molecule has 0 aliphatic carbocycles. The number of aromatic amines is 1. The highest BCUT2D eigenvalue weighted by atomic mass is 32.2. The molecule has 2 atom stereocenters. The topological polar surface area (TPSA) is 74.3 Å². The van der Waals surface area contributed by atoms with Crippen molar-refractivity contribution in [3.05, 3.63) is 94.2 Å². The second-order valence-electron chi connectivity index (χ2n) is 10.9. The number of para-hydroxylation sites is 1. The van der Waals surface area contributed by atoms with Crippen molar-refractivity contribution in [3.8, 4) is 5.75 Å². The predicted molar refractivity (Wildman–Crippen MR) is 151 cm³/mol. The van der Waals surface area contributed by atoms with Crippen LogP contribution in [0.5, 0.6) is 5.75 Å². The number of H-pyrrole nitrogens is 1. The van der Waals surface area contributed by atoms with Crippen LogP contribution in [0.2, 0.25) is 0 Å². The monoisotopic (exact) mass is 514 g/mol. The lowest BCUT2D eigenvalue weighted by molar-refractivity contribution is -0.139. The fraction of sp³-hybridized carbons (Fsp3) is 0.323. The van der Waals surface area contributed by atoms with E-state index >= 15 is 0 Å². The number of aryl methyl sites for hydroxylation is 1. The van der Waals surface area contributed by atoms with Gasteiger partial charge < -0.3 is 14.8 Å². The molecular weight excluding hydrogens is 480 g/mol. The molecule has 0 fully saturated rings. The van der Waals surface area contributed by atoms with E-state index in [0.29, 0.717) is 6.42 Å². The number of benzene rings is 3. The Hall–Kier alpha value is -3.22. The van der Waals surface area contributed by atoms with Gasteiger partial charge in [0, 0.05) is 39.2 Å². The number of hydrogen-bond donors (Lipinski definition) is 3. The van der Waals surface area contributed by atoms with E-state index in [0.717, 1.165) is 44.8 Å². The van der Waals surface area contributed by atoms with Gasteiger partial charge in [0.05, 0.1) is 13.2 Å². The number of rotatable bonds is 6. The van der Waals surface area contributed by atoms with E-state index in [1.807, 2.05) is 42.1 Å². The van der Waals surface area contributed by atoms with Crippen LogP contribution >= 0.6 is 11.8 Å². The van der Waals surface area contributed by atoms with Crippen molar-refractivity contribution in [2.75, 3.05) is 7.11 Å². The molecule has 37 heavy (non-hydrogen) atoms. The summed E-state index contributed by atoms with van der Waals surface area (Å²) in [5.74, 6) is 0.751. The molecule has 0 saturated carbocycles. The molecular formula is C31H34N2O3S. The second-order valence-corrected chi connectivity index (χ2v) is 11.9. The van der Waals surface area contributed by atoms with Gasteiger partial charge >= 0.3 is 5.97 Å². The third-order valence-electron chi connectivity index (χ3n) is 7.18. The van der Waals surface area contributed by atoms with Gasteiger partial charge in [-0.2, -0.15) is 0 Å². The minimum Gasteiger partial charge on any atom is -0.496 e. The minimum atomic E-state index is -0.834. The third kappa shape index (κ3) is 5.00. The van der Waals surface area contributed by atoms with Gasteiger partial charge in [0.25, 0.3) is 0 Å². The Morgan fingerprint density at radius 2 is 1.89 bits per heavy atom. The van der Waals surface area contributed by atoms with Crippen LogP contribution < -0.4 is 10.1 Å². The molecule has 0 radical (unpaired) electrons. The Morgan fingerprint density at radius 3 is 2.62 bits per heavy atom. The predicted octanol–water partition coefficient (Wildman–Crippen LogP) is 6.76. The first kappa shape index (κ1) is 25.4. The molecule has 3 aromatic carbocycles. The Bertz CT molecular complexity index is 1470. The number of methoxy groups -OCH3 is 1. The van der Waals surface area contributed by atoms with Gasteiger partial charge in [0.1, 0.15) is 11.8 Å². The van der Waals surface area contributed by atoms with Gasteiger partial charge in [0.2, 0.25) is 0 Å². The molecule has 192 valence electrons. The quantitative estimate of drug-likeness (QED) is 0.248. The van der Waals surface area contributed by atoms with Crippen molar-refractivity contribution in [1.82, 2.24) is 10.3 Å². The van der Waals surface area contributed by atoms with Crippen molar-refractivity contribution >= 4 is 28.6 Å². The molecule has 2 heterocycles. The molecule has 0 spiro atoms. The first-order valence-electron chi connectivity index (χ1n) is 12.6. The number of nitrogens with one attached hydrogen (secondary N) is 2. The van der Waals surface area contributed by atoms with Crippen molar-refractivity contribution in [1.29, 1.82) is 0 Å². The summed E-state index contributed by atoms with van der Waals surface area (Å²) in [6.45, 7) is 8.86. The molecule has 1 aromatic heterocycles. The summed E-state index contributed by atoms with van der Waals surface area (Å²) in [6, 6.07) is 20.1. The Balaban J connectivity index is 1.52. The summed E-state index contributed by atoms with van der Waals surface area (Å²) >= 11 is 1.82. The maximum atomic E-state index is 12.1. The number of carboxylic acids is 1. The van der Waals surface area contributed by atoms with Gasteiger partial charge in [-0.1, -0.05) is 57.2 Å². The highest BCUT2D eigenvalue weighted by Crippen LogP contribution is 2.39. The lowest BCUT2D eigenvalue weighted by atomic mass is 9.86. The zero-order valence-corrected chi connectivity index (χ0v) is 22.8. The fourth-order valence-corrected chi connectivity index (χ4v) is 6.61. The van der Waals surface area contributed by atoms with Crippen molar-refractivity contribution < 1.29 is 14.6 Å². The van der Waals surface area contributed by atoms with Crippen LogP contribution in [0.4, 0.5) is 0 Å². The standard InChI is InChI=1S/C31H34N2O3S/c1-18-10-12-23(31(2,3)4)27(14-18)37-17-20-15-19(11-13-26(20)36-5)28-29-22(16-25(33-28)30(34)35)21-8-6-7-9-24(21)32-29/h6-15,25,28,32-33H,16-17H2,1-5H3,(H,34,35)/t25-,28+/m1/s1. The smallest absolute Gasteiger partial charge is 0.321 e. The van der Waals surface area contributed by atoms with Gasteiger partial charge in [0.15, 0.2) is 0 Å². The zero-order chi connectivity index (χ0) is 26.3. The van der Waals surface area contributed by atoms with Crippen molar-refractivity contribution in [2.24, 2.45) is 0 Å².